The summed E-state index contributed by atoms with van der Waals surface area (Å²) in [5.74, 6) is -2.27. The zero-order chi connectivity index (χ0) is 39.3. The number of ether oxygens (including phenoxy) is 4. The molecule has 0 saturated heterocycles. The maximum absolute atomic E-state index is 12.7. The molecule has 0 aliphatic carbocycles. The van der Waals surface area contributed by atoms with Crippen LogP contribution in [0.3, 0.4) is 0 Å². The van der Waals surface area contributed by atoms with E-state index in [4.69, 9.17) is 18.9 Å². The minimum atomic E-state index is -1.61. The Hall–Kier alpha value is -1.71. The second kappa shape index (κ2) is 37.2. The summed E-state index contributed by atoms with van der Waals surface area (Å²) in [5, 5.41) is 11.7. The molecule has 0 amide bonds. The highest BCUT2D eigenvalue weighted by atomic mass is 16.7. The first-order valence-corrected chi connectivity index (χ1v) is 22.2. The van der Waals surface area contributed by atoms with Crippen molar-refractivity contribution in [2.75, 3.05) is 47.5 Å². The molecule has 0 bridgehead atoms. The molecule has 0 radical (unpaired) electrons. The van der Waals surface area contributed by atoms with Crippen LogP contribution in [0.2, 0.25) is 0 Å². The SMILES string of the molecule is CCCCCCCCCCCCCCCCCCCCCC(=O)OC(COC(=O)CCCCCCCCCCC)COC(OCC[N+](C)(C)C)C(=O)[O-]. The van der Waals surface area contributed by atoms with Crippen molar-refractivity contribution in [3.8, 4) is 0 Å². The summed E-state index contributed by atoms with van der Waals surface area (Å²) >= 11 is 0. The smallest absolute Gasteiger partial charge is 0.306 e. The third kappa shape index (κ3) is 38.4. The lowest BCUT2D eigenvalue weighted by Gasteiger charge is -2.26. The summed E-state index contributed by atoms with van der Waals surface area (Å²) in [6, 6.07) is 0. The van der Waals surface area contributed by atoms with Gasteiger partial charge in [0.2, 0.25) is 0 Å². The van der Waals surface area contributed by atoms with Gasteiger partial charge in [0.15, 0.2) is 12.4 Å². The van der Waals surface area contributed by atoms with Crippen molar-refractivity contribution in [1.29, 1.82) is 0 Å². The van der Waals surface area contributed by atoms with Gasteiger partial charge in [-0.2, -0.15) is 0 Å². The summed E-state index contributed by atoms with van der Waals surface area (Å²) in [6.07, 6.45) is 32.8. The Morgan fingerprint density at radius 3 is 1.21 bits per heavy atom. The van der Waals surface area contributed by atoms with Crippen LogP contribution in [0.1, 0.15) is 206 Å². The average molecular weight is 756 g/mol. The zero-order valence-electron chi connectivity index (χ0n) is 35.4. The fourth-order valence-corrected chi connectivity index (χ4v) is 6.36. The molecule has 2 atom stereocenters. The van der Waals surface area contributed by atoms with Crippen molar-refractivity contribution in [1.82, 2.24) is 0 Å². The Balaban J connectivity index is 4.32. The molecular weight excluding hydrogens is 670 g/mol. The predicted octanol–water partition coefficient (Wildman–Crippen LogP) is 10.00. The van der Waals surface area contributed by atoms with Gasteiger partial charge in [-0.1, -0.05) is 181 Å². The minimum absolute atomic E-state index is 0.153. The first-order valence-electron chi connectivity index (χ1n) is 22.2. The minimum Gasteiger partial charge on any atom is -0.545 e. The van der Waals surface area contributed by atoms with Gasteiger partial charge in [-0.25, -0.2) is 0 Å². The van der Waals surface area contributed by atoms with Crippen LogP contribution >= 0.6 is 0 Å². The highest BCUT2D eigenvalue weighted by molar-refractivity contribution is 5.70. The van der Waals surface area contributed by atoms with E-state index in [1.807, 2.05) is 21.1 Å². The van der Waals surface area contributed by atoms with Gasteiger partial charge in [0.05, 0.1) is 40.3 Å². The first kappa shape index (κ1) is 51.3. The van der Waals surface area contributed by atoms with Crippen LogP contribution in [-0.4, -0.2) is 82.3 Å². The Labute approximate surface area is 326 Å². The number of quaternary nitrogens is 1. The van der Waals surface area contributed by atoms with Gasteiger partial charge < -0.3 is 33.3 Å². The molecule has 53 heavy (non-hydrogen) atoms. The van der Waals surface area contributed by atoms with Crippen LogP contribution < -0.4 is 5.11 Å². The number of hydrogen-bond acceptors (Lipinski definition) is 8. The lowest BCUT2D eigenvalue weighted by Crippen LogP contribution is -2.44. The molecule has 9 nitrogen and oxygen atoms in total. The fraction of sp³-hybridized carbons (Fsp3) is 0.932. The number of rotatable bonds is 41. The van der Waals surface area contributed by atoms with E-state index in [1.165, 1.54) is 141 Å². The molecule has 0 aliphatic heterocycles. The molecule has 314 valence electrons. The van der Waals surface area contributed by atoms with Crippen LogP contribution in [-0.2, 0) is 33.3 Å². The topological polar surface area (TPSA) is 111 Å². The van der Waals surface area contributed by atoms with E-state index < -0.39 is 24.3 Å². The van der Waals surface area contributed by atoms with Crippen molar-refractivity contribution in [3.05, 3.63) is 0 Å². The molecule has 0 aliphatic rings. The number of unbranched alkanes of at least 4 members (excludes halogenated alkanes) is 26. The van der Waals surface area contributed by atoms with Crippen LogP contribution in [0.5, 0.6) is 0 Å². The average Bonchev–Trinajstić information content (AvgIpc) is 3.11. The van der Waals surface area contributed by atoms with Gasteiger partial charge >= 0.3 is 11.9 Å². The van der Waals surface area contributed by atoms with E-state index in [1.54, 1.807) is 0 Å². The Bertz CT molecular complexity index is 846. The molecule has 0 rings (SSSR count). The van der Waals surface area contributed by atoms with Crippen molar-refractivity contribution >= 4 is 17.9 Å². The van der Waals surface area contributed by atoms with Crippen LogP contribution in [0, 0.1) is 0 Å². The fourth-order valence-electron chi connectivity index (χ4n) is 6.36. The number of carboxylic acids is 1. The normalized spacial score (nSPS) is 12.8. The van der Waals surface area contributed by atoms with Crippen molar-refractivity contribution < 1.29 is 42.9 Å². The molecule has 0 aromatic rings. The third-order valence-electron chi connectivity index (χ3n) is 9.85. The maximum Gasteiger partial charge on any atom is 0.306 e. The van der Waals surface area contributed by atoms with Crippen LogP contribution in [0.4, 0.5) is 0 Å². The summed E-state index contributed by atoms with van der Waals surface area (Å²) in [6.45, 7) is 4.74. The summed E-state index contributed by atoms with van der Waals surface area (Å²) in [4.78, 5) is 36.8. The standard InChI is InChI=1S/C44H85NO8/c1-6-8-10-12-14-16-17-18-19-20-21-22-23-24-25-27-29-31-33-35-42(47)53-40(39-52-44(43(48)49)50-37-36-45(3,4)5)38-51-41(46)34-32-30-28-26-15-13-11-9-7-2/h40,44H,6-39H2,1-5H3. The van der Waals surface area contributed by atoms with E-state index >= 15 is 0 Å². The zero-order valence-corrected chi connectivity index (χ0v) is 35.4. The molecule has 0 aromatic heterocycles. The van der Waals surface area contributed by atoms with Gasteiger partial charge in [0.1, 0.15) is 13.2 Å². The largest absolute Gasteiger partial charge is 0.545 e. The Morgan fingerprint density at radius 1 is 0.491 bits per heavy atom. The number of aliphatic carboxylic acids is 1. The van der Waals surface area contributed by atoms with E-state index in [0.717, 1.165) is 38.5 Å². The molecule has 0 N–H and O–H groups in total. The third-order valence-corrected chi connectivity index (χ3v) is 9.85. The van der Waals surface area contributed by atoms with E-state index in [0.29, 0.717) is 17.4 Å². The highest BCUT2D eigenvalue weighted by Crippen LogP contribution is 2.16. The number of nitrogens with zero attached hydrogens (tertiary/aromatic N) is 1. The first-order chi connectivity index (χ1) is 25.6. The van der Waals surface area contributed by atoms with Crippen molar-refractivity contribution in [3.63, 3.8) is 0 Å². The molecule has 0 spiro atoms. The molecule has 2 unspecified atom stereocenters. The van der Waals surface area contributed by atoms with Crippen LogP contribution in [0.15, 0.2) is 0 Å². The van der Waals surface area contributed by atoms with Crippen molar-refractivity contribution in [2.24, 2.45) is 0 Å². The van der Waals surface area contributed by atoms with E-state index in [2.05, 4.69) is 13.8 Å². The van der Waals surface area contributed by atoms with Gasteiger partial charge in [0, 0.05) is 12.8 Å². The molecule has 0 fully saturated rings. The number of carboxylic acid groups (broad SMARTS) is 1. The van der Waals surface area contributed by atoms with E-state index in [9.17, 15) is 19.5 Å². The lowest BCUT2D eigenvalue weighted by atomic mass is 10.0. The monoisotopic (exact) mass is 756 g/mol. The van der Waals surface area contributed by atoms with Crippen molar-refractivity contribution in [2.45, 2.75) is 219 Å². The summed E-state index contributed by atoms with van der Waals surface area (Å²) in [7, 11) is 5.91. The van der Waals surface area contributed by atoms with Gasteiger partial charge in [0.25, 0.3) is 0 Å². The quantitative estimate of drug-likeness (QED) is 0.0263. The highest BCUT2D eigenvalue weighted by Gasteiger charge is 2.21. The molecular formula is C44H85NO8. The van der Waals surface area contributed by atoms with Crippen LogP contribution in [0.25, 0.3) is 0 Å². The van der Waals surface area contributed by atoms with Gasteiger partial charge in [-0.05, 0) is 12.8 Å². The molecule has 0 saturated carbocycles. The number of esters is 2. The predicted molar refractivity (Wildman–Crippen MR) is 214 cm³/mol. The second-order valence-corrected chi connectivity index (χ2v) is 16.4. The van der Waals surface area contributed by atoms with Gasteiger partial charge in [-0.15, -0.1) is 0 Å². The lowest BCUT2D eigenvalue weighted by molar-refractivity contribution is -0.870. The molecule has 0 aromatic carbocycles. The Kier molecular flexibility index (Phi) is 36.0. The number of carbonyl (C=O) groups excluding carboxylic acids is 3. The summed E-state index contributed by atoms with van der Waals surface area (Å²) in [5.41, 5.74) is 0. The number of carbonyl (C=O) groups is 3. The van der Waals surface area contributed by atoms with E-state index in [-0.39, 0.29) is 32.2 Å². The Morgan fingerprint density at radius 2 is 0.849 bits per heavy atom. The number of hydrogen-bond donors (Lipinski definition) is 0. The number of likely N-dealkylation sites (N-methyl/N-ethyl adjacent to an activating group) is 1. The summed E-state index contributed by atoms with van der Waals surface area (Å²) < 4.78 is 22.5. The molecule has 9 heteroatoms. The molecule has 0 heterocycles. The van der Waals surface area contributed by atoms with Gasteiger partial charge in [-0.3, -0.25) is 9.59 Å². The second-order valence-electron chi connectivity index (χ2n) is 16.4. The maximum atomic E-state index is 12.7.